The van der Waals surface area contributed by atoms with Gasteiger partial charge in [-0.3, -0.25) is 4.79 Å². The van der Waals surface area contributed by atoms with Gasteiger partial charge in [-0.1, -0.05) is 23.7 Å². The van der Waals surface area contributed by atoms with E-state index in [1.807, 2.05) is 31.2 Å². The first-order valence-electron chi connectivity index (χ1n) is 6.71. The second-order valence-corrected chi connectivity index (χ2v) is 6.79. The first kappa shape index (κ1) is 17.3. The van der Waals surface area contributed by atoms with Crippen molar-refractivity contribution in [3.63, 3.8) is 0 Å². The molecule has 1 amide bonds. The Labute approximate surface area is 130 Å². The molecule has 3 nitrogen and oxygen atoms in total. The predicted molar refractivity (Wildman–Crippen MR) is 85.3 cm³/mol. The van der Waals surface area contributed by atoms with Crippen LogP contribution in [-0.4, -0.2) is 40.4 Å². The minimum atomic E-state index is -0.860. The van der Waals surface area contributed by atoms with E-state index in [9.17, 15) is 9.90 Å². The summed E-state index contributed by atoms with van der Waals surface area (Å²) in [4.78, 5) is 14.8. The third-order valence-electron chi connectivity index (χ3n) is 2.72. The van der Waals surface area contributed by atoms with E-state index < -0.39 is 5.60 Å². The van der Waals surface area contributed by atoms with Gasteiger partial charge in [0.1, 0.15) is 0 Å². The fourth-order valence-corrected chi connectivity index (χ4v) is 2.99. The number of thioether (sulfide) groups is 1. The van der Waals surface area contributed by atoms with Gasteiger partial charge in [-0.05, 0) is 32.9 Å². The maximum atomic E-state index is 12.1. The van der Waals surface area contributed by atoms with Crippen molar-refractivity contribution >= 4 is 29.3 Å². The Morgan fingerprint density at radius 2 is 2.05 bits per heavy atom. The highest BCUT2D eigenvalue weighted by Gasteiger charge is 2.20. The number of benzene rings is 1. The summed E-state index contributed by atoms with van der Waals surface area (Å²) < 4.78 is 0. The van der Waals surface area contributed by atoms with E-state index >= 15 is 0 Å². The monoisotopic (exact) mass is 315 g/mol. The van der Waals surface area contributed by atoms with Crippen LogP contribution < -0.4 is 0 Å². The maximum absolute atomic E-state index is 12.1. The summed E-state index contributed by atoms with van der Waals surface area (Å²) in [5.74, 6) is 0.749. The molecular weight excluding hydrogens is 294 g/mol. The van der Waals surface area contributed by atoms with Gasteiger partial charge in [0.05, 0.1) is 10.6 Å². The second kappa shape index (κ2) is 7.91. The van der Waals surface area contributed by atoms with Crippen molar-refractivity contribution in [1.82, 2.24) is 4.90 Å². The van der Waals surface area contributed by atoms with Crippen LogP contribution in [0.2, 0.25) is 5.02 Å². The van der Waals surface area contributed by atoms with E-state index in [2.05, 4.69) is 0 Å². The van der Waals surface area contributed by atoms with Crippen molar-refractivity contribution in [1.29, 1.82) is 0 Å². The van der Waals surface area contributed by atoms with Crippen molar-refractivity contribution in [3.8, 4) is 0 Å². The van der Waals surface area contributed by atoms with E-state index in [4.69, 9.17) is 11.6 Å². The molecule has 1 aromatic carbocycles. The van der Waals surface area contributed by atoms with Crippen LogP contribution in [0.5, 0.6) is 0 Å². The Bertz CT molecular complexity index is 446. The van der Waals surface area contributed by atoms with Crippen LogP contribution in [0, 0.1) is 0 Å². The van der Waals surface area contributed by atoms with E-state index in [0.717, 1.165) is 4.90 Å². The molecule has 1 N–H and O–H groups in total. The first-order valence-corrected chi connectivity index (χ1v) is 8.07. The smallest absolute Gasteiger partial charge is 0.223 e. The molecule has 0 heterocycles. The zero-order valence-electron chi connectivity index (χ0n) is 12.2. The molecule has 0 bridgehead atoms. The molecule has 0 aliphatic carbocycles. The lowest BCUT2D eigenvalue weighted by atomic mass is 10.1. The molecule has 0 aromatic heterocycles. The van der Waals surface area contributed by atoms with E-state index in [1.165, 1.54) is 0 Å². The molecule has 5 heteroatoms. The van der Waals surface area contributed by atoms with Gasteiger partial charge in [-0.15, -0.1) is 11.8 Å². The number of amides is 1. The molecule has 0 saturated heterocycles. The SMILES string of the molecule is CCN(CC(C)(C)O)C(=O)CCSc1ccccc1Cl. The Balaban J connectivity index is 2.44. The summed E-state index contributed by atoms with van der Waals surface area (Å²) in [7, 11) is 0. The lowest BCUT2D eigenvalue weighted by molar-refractivity contribution is -0.133. The summed E-state index contributed by atoms with van der Waals surface area (Å²) in [6.07, 6.45) is 0.444. The Morgan fingerprint density at radius 1 is 1.40 bits per heavy atom. The van der Waals surface area contributed by atoms with E-state index in [-0.39, 0.29) is 5.91 Å². The van der Waals surface area contributed by atoms with Crippen molar-refractivity contribution in [2.45, 2.75) is 37.7 Å². The van der Waals surface area contributed by atoms with Gasteiger partial charge in [0.15, 0.2) is 0 Å². The number of hydrogen-bond acceptors (Lipinski definition) is 3. The quantitative estimate of drug-likeness (QED) is 0.784. The Hall–Kier alpha value is -0.710. The van der Waals surface area contributed by atoms with Crippen LogP contribution in [0.1, 0.15) is 27.2 Å². The number of nitrogens with zero attached hydrogens (tertiary/aromatic N) is 1. The second-order valence-electron chi connectivity index (χ2n) is 5.25. The third kappa shape index (κ3) is 6.16. The molecule has 0 radical (unpaired) electrons. The van der Waals surface area contributed by atoms with Crippen LogP contribution in [0.4, 0.5) is 0 Å². The molecule has 0 spiro atoms. The molecule has 1 aromatic rings. The van der Waals surface area contributed by atoms with Crippen molar-refractivity contribution in [3.05, 3.63) is 29.3 Å². The van der Waals surface area contributed by atoms with E-state index in [1.54, 1.807) is 30.5 Å². The lowest BCUT2D eigenvalue weighted by Crippen LogP contribution is -2.42. The average Bonchev–Trinajstić information content (AvgIpc) is 2.37. The van der Waals surface area contributed by atoms with Gasteiger partial charge in [-0.2, -0.15) is 0 Å². The van der Waals surface area contributed by atoms with Crippen LogP contribution >= 0.6 is 23.4 Å². The number of carbonyl (C=O) groups excluding carboxylic acids is 1. The van der Waals surface area contributed by atoms with Crippen LogP contribution in [0.25, 0.3) is 0 Å². The summed E-state index contributed by atoms with van der Waals surface area (Å²) in [6.45, 7) is 6.31. The average molecular weight is 316 g/mol. The number of halogens is 1. The number of rotatable bonds is 7. The number of hydrogen-bond donors (Lipinski definition) is 1. The molecule has 0 fully saturated rings. The first-order chi connectivity index (χ1) is 9.33. The molecule has 1 rings (SSSR count). The van der Waals surface area contributed by atoms with Crippen molar-refractivity contribution < 1.29 is 9.90 Å². The minimum Gasteiger partial charge on any atom is -0.389 e. The van der Waals surface area contributed by atoms with Crippen LogP contribution in [0.3, 0.4) is 0 Å². The third-order valence-corrected chi connectivity index (χ3v) is 4.24. The number of aliphatic hydroxyl groups is 1. The van der Waals surface area contributed by atoms with Gasteiger partial charge in [0.2, 0.25) is 5.91 Å². The summed E-state index contributed by atoms with van der Waals surface area (Å²) in [5.41, 5.74) is -0.860. The zero-order valence-corrected chi connectivity index (χ0v) is 13.8. The topological polar surface area (TPSA) is 40.5 Å². The van der Waals surface area contributed by atoms with E-state index in [0.29, 0.717) is 30.3 Å². The van der Waals surface area contributed by atoms with Crippen molar-refractivity contribution in [2.24, 2.45) is 0 Å². The summed E-state index contributed by atoms with van der Waals surface area (Å²) in [6, 6.07) is 7.62. The molecule has 0 atom stereocenters. The van der Waals surface area contributed by atoms with Gasteiger partial charge in [0.25, 0.3) is 0 Å². The van der Waals surface area contributed by atoms with Gasteiger partial charge in [0, 0.05) is 30.2 Å². The highest BCUT2D eigenvalue weighted by atomic mass is 35.5. The highest BCUT2D eigenvalue weighted by molar-refractivity contribution is 7.99. The molecule has 0 unspecified atom stereocenters. The summed E-state index contributed by atoms with van der Waals surface area (Å²) >= 11 is 7.65. The summed E-state index contributed by atoms with van der Waals surface area (Å²) in [5, 5.41) is 10.5. The molecule has 112 valence electrons. The van der Waals surface area contributed by atoms with Crippen molar-refractivity contribution in [2.75, 3.05) is 18.8 Å². The fourth-order valence-electron chi connectivity index (χ4n) is 1.81. The van der Waals surface area contributed by atoms with Gasteiger partial charge in [-0.25, -0.2) is 0 Å². The molecule has 0 aliphatic heterocycles. The predicted octanol–water partition coefficient (Wildman–Crippen LogP) is 3.44. The lowest BCUT2D eigenvalue weighted by Gasteiger charge is -2.28. The minimum absolute atomic E-state index is 0.0641. The fraction of sp³-hybridized carbons (Fsp3) is 0.533. The number of carbonyl (C=O) groups is 1. The zero-order chi connectivity index (χ0) is 15.2. The molecule has 20 heavy (non-hydrogen) atoms. The maximum Gasteiger partial charge on any atom is 0.223 e. The Morgan fingerprint density at radius 3 is 2.60 bits per heavy atom. The molecular formula is C15H22ClNO2S. The van der Waals surface area contributed by atoms with Crippen LogP contribution in [-0.2, 0) is 4.79 Å². The van der Waals surface area contributed by atoms with Gasteiger partial charge < -0.3 is 10.0 Å². The number of likely N-dealkylation sites (N-methyl/N-ethyl adjacent to an activating group) is 1. The normalized spacial score (nSPS) is 11.4. The molecule has 0 saturated carbocycles. The molecule has 0 aliphatic rings. The Kier molecular flexibility index (Phi) is 6.86. The van der Waals surface area contributed by atoms with Gasteiger partial charge >= 0.3 is 0 Å². The van der Waals surface area contributed by atoms with Crippen LogP contribution in [0.15, 0.2) is 29.2 Å². The standard InChI is InChI=1S/C15H22ClNO2S/c1-4-17(11-15(2,3)19)14(18)9-10-20-13-8-6-5-7-12(13)16/h5-8,19H,4,9-11H2,1-3H3. The largest absolute Gasteiger partial charge is 0.389 e. The highest BCUT2D eigenvalue weighted by Crippen LogP contribution is 2.27.